The molecule has 130 valence electrons. The van der Waals surface area contributed by atoms with Crippen LogP contribution in [0.3, 0.4) is 0 Å². The van der Waals surface area contributed by atoms with Gasteiger partial charge in [-0.15, -0.1) is 0 Å². The molecule has 2 heterocycles. The fourth-order valence-corrected chi connectivity index (χ4v) is 7.36. The fraction of sp³-hybridized carbons (Fsp3) is 0.429. The maximum atomic E-state index is 10.6. The second-order valence-corrected chi connectivity index (χ2v) is 10.1. The Morgan fingerprint density at radius 1 is 0.958 bits per heavy atom. The zero-order chi connectivity index (χ0) is 17.7. The van der Waals surface area contributed by atoms with E-state index >= 15 is 0 Å². The molecular formula is C14H16N2O4S4. The lowest BCUT2D eigenvalue weighted by Gasteiger charge is -2.08. The molecule has 0 fully saturated rings. The molecule has 2 unspecified atom stereocenters. The molecule has 2 rings (SSSR count). The highest BCUT2D eigenvalue weighted by Gasteiger charge is 2.26. The van der Waals surface area contributed by atoms with E-state index in [1.165, 1.54) is 0 Å². The molecule has 0 radical (unpaired) electrons. The van der Waals surface area contributed by atoms with Gasteiger partial charge in [0.1, 0.15) is 0 Å². The molecule has 0 saturated heterocycles. The zero-order valence-corrected chi connectivity index (χ0v) is 16.2. The molecule has 0 aromatic rings. The first-order valence-corrected chi connectivity index (χ1v) is 11.0. The topological polar surface area (TPSA) is 99.3 Å². The molecule has 0 aliphatic carbocycles. The predicted octanol–water partition coefficient (Wildman–Crippen LogP) is 4.07. The Hall–Kier alpha value is -0.840. The molecule has 0 aromatic carbocycles. The Balaban J connectivity index is 1.83. The number of hydrogen-bond acceptors (Lipinski definition) is 8. The quantitative estimate of drug-likeness (QED) is 0.613. The van der Waals surface area contributed by atoms with E-state index in [-0.39, 0.29) is 22.3 Å². The van der Waals surface area contributed by atoms with E-state index in [1.54, 1.807) is 57.3 Å². The normalized spacial score (nSPS) is 26.8. The van der Waals surface area contributed by atoms with Gasteiger partial charge < -0.3 is 10.2 Å². The molecule has 2 aliphatic heterocycles. The third kappa shape index (κ3) is 5.91. The molecule has 0 saturated carbocycles. The van der Waals surface area contributed by atoms with Crippen LogP contribution in [0.2, 0.25) is 0 Å². The third-order valence-electron chi connectivity index (χ3n) is 2.91. The average Bonchev–Trinajstić information content (AvgIpc) is 3.03. The van der Waals surface area contributed by atoms with Crippen molar-refractivity contribution in [3.63, 3.8) is 0 Å². The van der Waals surface area contributed by atoms with Gasteiger partial charge in [0.2, 0.25) is 0 Å². The zero-order valence-electron chi connectivity index (χ0n) is 13.0. The molecule has 10 heteroatoms. The maximum Gasteiger partial charge on any atom is 0.307 e. The van der Waals surface area contributed by atoms with E-state index in [1.807, 2.05) is 13.8 Å². The van der Waals surface area contributed by atoms with Gasteiger partial charge in [0, 0.05) is 21.2 Å². The minimum absolute atomic E-state index is 0.000576. The van der Waals surface area contributed by atoms with Gasteiger partial charge >= 0.3 is 11.9 Å². The summed E-state index contributed by atoms with van der Waals surface area (Å²) in [5.74, 6) is -1.71. The molecule has 6 nitrogen and oxygen atoms in total. The van der Waals surface area contributed by atoms with Gasteiger partial charge in [0.05, 0.1) is 12.8 Å². The van der Waals surface area contributed by atoms with E-state index in [4.69, 9.17) is 10.2 Å². The largest absolute Gasteiger partial charge is 0.481 e. The summed E-state index contributed by atoms with van der Waals surface area (Å²) in [7, 11) is 3.17. The Bertz CT molecular complexity index is 601. The first kappa shape index (κ1) is 19.5. The second kappa shape index (κ2) is 9.02. The van der Waals surface area contributed by atoms with Crippen molar-refractivity contribution < 1.29 is 19.8 Å². The summed E-state index contributed by atoms with van der Waals surface area (Å²) in [4.78, 5) is 32.1. The molecule has 2 atom stereocenters. The minimum Gasteiger partial charge on any atom is -0.481 e. The smallest absolute Gasteiger partial charge is 0.307 e. The second-order valence-electron chi connectivity index (χ2n) is 4.80. The summed E-state index contributed by atoms with van der Waals surface area (Å²) in [6, 6.07) is 0. The van der Waals surface area contributed by atoms with Crippen LogP contribution in [0.4, 0.5) is 0 Å². The van der Waals surface area contributed by atoms with Crippen LogP contribution in [-0.4, -0.2) is 43.0 Å². The summed E-state index contributed by atoms with van der Waals surface area (Å²) in [6.45, 7) is 3.76. The number of carbonyl (C=O) groups is 2. The van der Waals surface area contributed by atoms with Crippen LogP contribution in [0.1, 0.15) is 26.7 Å². The number of thioether (sulfide) groups is 2. The van der Waals surface area contributed by atoms with E-state index < -0.39 is 11.9 Å². The lowest BCUT2D eigenvalue weighted by Crippen LogP contribution is -1.93. The van der Waals surface area contributed by atoms with Gasteiger partial charge in [-0.3, -0.25) is 19.6 Å². The number of nitrogens with zero attached hydrogens (tertiary/aromatic N) is 2. The summed E-state index contributed by atoms with van der Waals surface area (Å²) in [6.07, 6.45) is 3.38. The number of allylic oxidation sites excluding steroid dienone is 2. The van der Waals surface area contributed by atoms with E-state index in [0.717, 1.165) is 21.2 Å². The number of carboxylic acids is 2. The molecular weight excluding hydrogens is 388 g/mol. The molecule has 2 aliphatic rings. The summed E-state index contributed by atoms with van der Waals surface area (Å²) in [5.41, 5.74) is 1.72. The minimum atomic E-state index is -0.853. The molecule has 0 bridgehead atoms. The van der Waals surface area contributed by atoms with Gasteiger partial charge in [-0.2, -0.15) is 0 Å². The van der Waals surface area contributed by atoms with Gasteiger partial charge in [-0.05, 0) is 13.8 Å². The monoisotopic (exact) mass is 404 g/mol. The van der Waals surface area contributed by atoms with Crippen LogP contribution in [0.15, 0.2) is 31.9 Å². The highest BCUT2D eigenvalue weighted by Crippen LogP contribution is 2.49. The van der Waals surface area contributed by atoms with Crippen molar-refractivity contribution >= 4 is 68.5 Å². The lowest BCUT2D eigenvalue weighted by atomic mass is 10.3. The Morgan fingerprint density at radius 3 is 1.67 bits per heavy atom. The van der Waals surface area contributed by atoms with Crippen LogP contribution in [0.5, 0.6) is 0 Å². The van der Waals surface area contributed by atoms with Gasteiger partial charge in [0.25, 0.3) is 0 Å². The Labute approximate surface area is 156 Å². The van der Waals surface area contributed by atoms with Crippen LogP contribution in [0.25, 0.3) is 0 Å². The molecule has 0 aromatic heterocycles. The first-order chi connectivity index (χ1) is 11.3. The van der Waals surface area contributed by atoms with Crippen LogP contribution in [0, 0.1) is 0 Å². The van der Waals surface area contributed by atoms with Crippen molar-refractivity contribution in [2.24, 2.45) is 9.98 Å². The predicted molar refractivity (Wildman–Crippen MR) is 105 cm³/mol. The SMILES string of the molecule is CC1=NC(SSC2N=C(C)C(=CCC(=O)O)S2)SC1=CCC(=O)O. The lowest BCUT2D eigenvalue weighted by molar-refractivity contribution is -0.137. The van der Waals surface area contributed by atoms with Crippen LogP contribution >= 0.6 is 45.1 Å². The van der Waals surface area contributed by atoms with Gasteiger partial charge in [-0.25, -0.2) is 0 Å². The van der Waals surface area contributed by atoms with Crippen LogP contribution in [-0.2, 0) is 9.59 Å². The first-order valence-electron chi connectivity index (χ1n) is 6.94. The van der Waals surface area contributed by atoms with Crippen molar-refractivity contribution in [3.05, 3.63) is 22.0 Å². The fourth-order valence-electron chi connectivity index (χ4n) is 1.81. The highest BCUT2D eigenvalue weighted by atomic mass is 33.1. The van der Waals surface area contributed by atoms with Crippen LogP contribution < -0.4 is 0 Å². The van der Waals surface area contributed by atoms with Crippen molar-refractivity contribution in [1.82, 2.24) is 0 Å². The highest BCUT2D eigenvalue weighted by molar-refractivity contribution is 8.80. The summed E-state index contributed by atoms with van der Waals surface area (Å²) >= 11 is 3.09. The Kier molecular flexibility index (Phi) is 7.33. The molecule has 24 heavy (non-hydrogen) atoms. The van der Waals surface area contributed by atoms with Crippen molar-refractivity contribution in [2.45, 2.75) is 36.1 Å². The molecule has 0 spiro atoms. The third-order valence-corrected chi connectivity index (χ3v) is 8.92. The van der Waals surface area contributed by atoms with Gasteiger partial charge in [-0.1, -0.05) is 57.3 Å². The van der Waals surface area contributed by atoms with E-state index in [0.29, 0.717) is 0 Å². The number of rotatable bonds is 7. The molecule has 0 amide bonds. The maximum absolute atomic E-state index is 10.6. The van der Waals surface area contributed by atoms with E-state index in [9.17, 15) is 9.59 Å². The number of carboxylic acid groups (broad SMARTS) is 2. The standard InChI is InChI=1S/C14H16N2O4S4/c1-7-9(3-5-11(17)18)21-13(15-7)23-24-14-16-8(2)10(22-14)4-6-12(19)20/h3-4,13-14H,5-6H2,1-2H3,(H,17,18)(H,19,20). The van der Waals surface area contributed by atoms with Crippen molar-refractivity contribution in [2.75, 3.05) is 0 Å². The summed E-state index contributed by atoms with van der Waals surface area (Å²) in [5, 5.41) is 17.5. The van der Waals surface area contributed by atoms with Crippen molar-refractivity contribution in [3.8, 4) is 0 Å². The average molecular weight is 405 g/mol. The summed E-state index contributed by atoms with van der Waals surface area (Å²) < 4.78 is -0.0311. The number of hydrogen-bond donors (Lipinski definition) is 2. The Morgan fingerprint density at radius 2 is 1.33 bits per heavy atom. The van der Waals surface area contributed by atoms with Gasteiger partial charge in [0.15, 0.2) is 9.41 Å². The number of aliphatic carboxylic acids is 2. The van der Waals surface area contributed by atoms with Crippen molar-refractivity contribution in [1.29, 1.82) is 0 Å². The molecule has 2 N–H and O–H groups in total. The van der Waals surface area contributed by atoms with E-state index in [2.05, 4.69) is 9.98 Å². The number of aliphatic imine (C=N–C) groups is 2.